The van der Waals surface area contributed by atoms with Crippen LogP contribution in [0.3, 0.4) is 0 Å². The first-order valence-corrected chi connectivity index (χ1v) is 16.5. The third kappa shape index (κ3) is 6.40. The van der Waals surface area contributed by atoms with E-state index in [2.05, 4.69) is 20.0 Å². The van der Waals surface area contributed by atoms with Crippen LogP contribution < -0.4 is 14.8 Å². The van der Waals surface area contributed by atoms with E-state index >= 15 is 0 Å². The van der Waals surface area contributed by atoms with Gasteiger partial charge < -0.3 is 24.5 Å². The number of ether oxygens (including phenoxy) is 2. The molecular formula is C26H36N6O7S2. The number of hydrogen-bond acceptors (Lipinski definition) is 10. The number of fused-ring (bicyclic) bond motifs is 1. The summed E-state index contributed by atoms with van der Waals surface area (Å²) in [5.41, 5.74) is 0.803. The van der Waals surface area contributed by atoms with Gasteiger partial charge in [0, 0.05) is 44.5 Å². The second-order valence-corrected chi connectivity index (χ2v) is 14.2. The molecule has 1 spiro atoms. The fourth-order valence-electron chi connectivity index (χ4n) is 5.31. The fraction of sp³-hybridized carbons (Fsp3) is 0.538. The molecule has 1 aromatic carbocycles. The van der Waals surface area contributed by atoms with Crippen molar-refractivity contribution in [1.82, 2.24) is 28.9 Å². The SMILES string of the molecule is CCn1cnc2cc(S(=O)(=O)N3CCC4(CC3)C[C@@H](NCC(O)COc3cccc(S(=O)(=O)NC)c3)CO4)cnc21. The minimum Gasteiger partial charge on any atom is -0.491 e. The molecule has 224 valence electrons. The summed E-state index contributed by atoms with van der Waals surface area (Å²) in [4.78, 5) is 8.85. The first-order valence-electron chi connectivity index (χ1n) is 13.6. The molecule has 41 heavy (non-hydrogen) atoms. The van der Waals surface area contributed by atoms with Crippen molar-refractivity contribution in [3.05, 3.63) is 42.9 Å². The van der Waals surface area contributed by atoms with Gasteiger partial charge in [0.15, 0.2) is 5.65 Å². The Labute approximate surface area is 240 Å². The molecule has 2 aliphatic heterocycles. The predicted molar refractivity (Wildman–Crippen MR) is 150 cm³/mol. The maximum absolute atomic E-state index is 13.3. The number of pyridine rings is 1. The number of sulfonamides is 2. The first kappa shape index (κ1) is 29.8. The molecule has 5 rings (SSSR count). The number of hydrogen-bond donors (Lipinski definition) is 3. The molecule has 1 unspecified atom stereocenters. The lowest BCUT2D eigenvalue weighted by atomic mass is 9.88. The monoisotopic (exact) mass is 608 g/mol. The van der Waals surface area contributed by atoms with Crippen molar-refractivity contribution in [3.63, 3.8) is 0 Å². The number of aliphatic hydroxyl groups excluding tert-OH is 1. The molecule has 0 amide bonds. The number of imidazole rings is 1. The molecule has 13 nitrogen and oxygen atoms in total. The van der Waals surface area contributed by atoms with Gasteiger partial charge in [0.1, 0.15) is 28.9 Å². The Balaban J connectivity index is 1.09. The van der Waals surface area contributed by atoms with Gasteiger partial charge in [-0.25, -0.2) is 31.5 Å². The Hall–Kier alpha value is -2.66. The van der Waals surface area contributed by atoms with E-state index in [1.165, 1.54) is 29.7 Å². The molecule has 2 saturated heterocycles. The number of rotatable bonds is 11. The van der Waals surface area contributed by atoms with Gasteiger partial charge in [-0.05, 0) is 51.4 Å². The van der Waals surface area contributed by atoms with Crippen LogP contribution in [0.15, 0.2) is 52.6 Å². The van der Waals surface area contributed by atoms with Crippen LogP contribution in [-0.4, -0.2) is 98.4 Å². The molecule has 3 aromatic rings. The number of piperidine rings is 1. The molecule has 0 aliphatic carbocycles. The van der Waals surface area contributed by atoms with E-state index in [1.54, 1.807) is 24.5 Å². The summed E-state index contributed by atoms with van der Waals surface area (Å²) in [5.74, 6) is 0.344. The van der Waals surface area contributed by atoms with Crippen molar-refractivity contribution in [2.24, 2.45) is 0 Å². The fourth-order valence-corrected chi connectivity index (χ4v) is 7.49. The summed E-state index contributed by atoms with van der Waals surface area (Å²) in [6, 6.07) is 7.67. The second kappa shape index (κ2) is 11.9. The van der Waals surface area contributed by atoms with E-state index in [-0.39, 0.29) is 29.0 Å². The first-order chi connectivity index (χ1) is 19.5. The van der Waals surface area contributed by atoms with Crippen molar-refractivity contribution in [1.29, 1.82) is 0 Å². The van der Waals surface area contributed by atoms with Gasteiger partial charge in [0.05, 0.1) is 23.4 Å². The van der Waals surface area contributed by atoms with Gasteiger partial charge in [0.25, 0.3) is 0 Å². The normalized spacial score (nSPS) is 20.5. The van der Waals surface area contributed by atoms with Gasteiger partial charge in [-0.3, -0.25) is 0 Å². The lowest BCUT2D eigenvalue weighted by molar-refractivity contribution is -0.0312. The highest BCUT2D eigenvalue weighted by Crippen LogP contribution is 2.37. The molecule has 2 fully saturated rings. The van der Waals surface area contributed by atoms with Crippen LogP contribution in [0, 0.1) is 0 Å². The largest absolute Gasteiger partial charge is 0.491 e. The maximum atomic E-state index is 13.3. The van der Waals surface area contributed by atoms with E-state index in [4.69, 9.17) is 9.47 Å². The topological polar surface area (TPSA) is 165 Å². The van der Waals surface area contributed by atoms with E-state index in [0.29, 0.717) is 62.4 Å². The molecule has 2 aromatic heterocycles. The summed E-state index contributed by atoms with van der Waals surface area (Å²) in [6.07, 6.45) is 4.09. The van der Waals surface area contributed by atoms with E-state index in [1.807, 2.05) is 11.5 Å². The lowest BCUT2D eigenvalue weighted by Gasteiger charge is -2.38. The average Bonchev–Trinajstić information content (AvgIpc) is 3.58. The number of benzene rings is 1. The summed E-state index contributed by atoms with van der Waals surface area (Å²) in [6.45, 7) is 4.08. The Morgan fingerprint density at radius 1 is 1.17 bits per heavy atom. The molecule has 0 radical (unpaired) electrons. The third-order valence-electron chi connectivity index (χ3n) is 7.72. The van der Waals surface area contributed by atoms with Gasteiger partial charge in [-0.1, -0.05) is 6.07 Å². The molecule has 2 atom stereocenters. The Morgan fingerprint density at radius 3 is 2.68 bits per heavy atom. The highest BCUT2D eigenvalue weighted by atomic mass is 32.2. The van der Waals surface area contributed by atoms with Gasteiger partial charge in [-0.2, -0.15) is 4.31 Å². The van der Waals surface area contributed by atoms with Crippen LogP contribution in [0.25, 0.3) is 11.2 Å². The quantitative estimate of drug-likeness (QED) is 0.282. The number of nitrogens with zero attached hydrogens (tertiary/aromatic N) is 4. The minimum atomic E-state index is -3.71. The lowest BCUT2D eigenvalue weighted by Crippen LogP contribution is -2.47. The van der Waals surface area contributed by atoms with Gasteiger partial charge in [-0.15, -0.1) is 0 Å². The van der Waals surface area contributed by atoms with Crippen LogP contribution in [-0.2, 0) is 31.3 Å². The van der Waals surface area contributed by atoms with Crippen LogP contribution in [0.1, 0.15) is 26.2 Å². The number of aliphatic hydroxyl groups is 1. The van der Waals surface area contributed by atoms with E-state index in [0.717, 1.165) is 0 Å². The second-order valence-electron chi connectivity index (χ2n) is 10.4. The van der Waals surface area contributed by atoms with Crippen LogP contribution in [0.4, 0.5) is 0 Å². The molecular weight excluding hydrogens is 572 g/mol. The van der Waals surface area contributed by atoms with Crippen molar-refractivity contribution >= 4 is 31.2 Å². The van der Waals surface area contributed by atoms with Crippen LogP contribution in [0.2, 0.25) is 0 Å². The molecule has 0 bridgehead atoms. The highest BCUT2D eigenvalue weighted by molar-refractivity contribution is 7.89. The third-order valence-corrected chi connectivity index (χ3v) is 11.0. The Kier molecular flexibility index (Phi) is 8.66. The summed E-state index contributed by atoms with van der Waals surface area (Å²) in [7, 11) is -5.96. The van der Waals surface area contributed by atoms with Crippen molar-refractivity contribution in [2.45, 2.75) is 60.3 Å². The van der Waals surface area contributed by atoms with Crippen LogP contribution >= 0.6 is 0 Å². The zero-order valence-corrected chi connectivity index (χ0v) is 24.7. The smallest absolute Gasteiger partial charge is 0.244 e. The Morgan fingerprint density at radius 2 is 1.95 bits per heavy atom. The summed E-state index contributed by atoms with van der Waals surface area (Å²) < 4.78 is 68.0. The Bertz CT molecular complexity index is 1590. The van der Waals surface area contributed by atoms with Crippen molar-refractivity contribution in [2.75, 3.05) is 39.9 Å². The molecule has 3 N–H and O–H groups in total. The number of nitrogens with one attached hydrogen (secondary N) is 2. The standard InChI is InChI=1S/C26H36N6O7S2/c1-3-31-18-30-24-12-23(15-29-25(24)31)41(36,37)32-9-7-26(8-10-32)13-19(16-39-26)28-14-20(33)17-38-21-5-4-6-22(11-21)40(34,35)27-2/h4-6,11-12,15,18-20,27-28,33H,3,7-10,13-14,16-17H2,1-2H3/t19-,20?/m1/s1. The van der Waals surface area contributed by atoms with Crippen molar-refractivity contribution < 1.29 is 31.4 Å². The van der Waals surface area contributed by atoms with E-state index < -0.39 is 31.8 Å². The summed E-state index contributed by atoms with van der Waals surface area (Å²) >= 11 is 0. The molecule has 15 heteroatoms. The predicted octanol–water partition coefficient (Wildman–Crippen LogP) is 0.701. The van der Waals surface area contributed by atoms with E-state index in [9.17, 15) is 21.9 Å². The zero-order valence-electron chi connectivity index (χ0n) is 23.1. The molecule has 4 heterocycles. The highest BCUT2D eigenvalue weighted by Gasteiger charge is 2.44. The van der Waals surface area contributed by atoms with Crippen molar-refractivity contribution in [3.8, 4) is 5.75 Å². The minimum absolute atomic E-state index is 0.0113. The van der Waals surface area contributed by atoms with Gasteiger partial charge in [0.2, 0.25) is 20.0 Å². The molecule has 0 saturated carbocycles. The average molecular weight is 609 g/mol. The van der Waals surface area contributed by atoms with Gasteiger partial charge >= 0.3 is 0 Å². The summed E-state index contributed by atoms with van der Waals surface area (Å²) in [5, 5.41) is 13.7. The van der Waals surface area contributed by atoms with Crippen LogP contribution in [0.5, 0.6) is 5.75 Å². The number of aryl methyl sites for hydroxylation is 1. The number of aromatic nitrogens is 3. The zero-order chi connectivity index (χ0) is 29.3. The molecule has 2 aliphatic rings. The maximum Gasteiger partial charge on any atom is 0.244 e.